The smallest absolute Gasteiger partial charge is 0.307 e. The highest BCUT2D eigenvalue weighted by Crippen LogP contribution is 2.22. The molecule has 2 unspecified atom stereocenters. The molecule has 1 N–H and O–H groups in total. The van der Waals surface area contributed by atoms with Gasteiger partial charge in [0, 0.05) is 12.6 Å². The van der Waals surface area contributed by atoms with Gasteiger partial charge in [0.1, 0.15) is 0 Å². The second-order valence-corrected chi connectivity index (χ2v) is 4.73. The van der Waals surface area contributed by atoms with Crippen molar-refractivity contribution < 1.29 is 9.53 Å². The third-order valence-electron chi connectivity index (χ3n) is 3.40. The van der Waals surface area contributed by atoms with E-state index in [9.17, 15) is 4.79 Å². The molecule has 0 saturated heterocycles. The van der Waals surface area contributed by atoms with E-state index in [1.807, 2.05) is 6.92 Å². The monoisotopic (exact) mass is 227 g/mol. The normalized spacial score (nSPS) is 26.1. The highest BCUT2D eigenvalue weighted by Gasteiger charge is 2.19. The molecule has 0 spiro atoms. The SMILES string of the molecule is CCOC(=O)CCNC1CCCCCC1C. The summed E-state index contributed by atoms with van der Waals surface area (Å²) < 4.78 is 4.90. The van der Waals surface area contributed by atoms with Crippen LogP contribution in [0.5, 0.6) is 0 Å². The highest BCUT2D eigenvalue weighted by molar-refractivity contribution is 5.69. The maximum atomic E-state index is 11.2. The molecule has 16 heavy (non-hydrogen) atoms. The maximum Gasteiger partial charge on any atom is 0.307 e. The largest absolute Gasteiger partial charge is 0.466 e. The van der Waals surface area contributed by atoms with Crippen LogP contribution in [0, 0.1) is 5.92 Å². The lowest BCUT2D eigenvalue weighted by molar-refractivity contribution is -0.143. The summed E-state index contributed by atoms with van der Waals surface area (Å²) in [5, 5.41) is 3.50. The Bertz CT molecular complexity index is 206. The van der Waals surface area contributed by atoms with E-state index in [0.717, 1.165) is 12.5 Å². The van der Waals surface area contributed by atoms with Crippen LogP contribution in [0.2, 0.25) is 0 Å². The molecule has 1 fully saturated rings. The second kappa shape index (κ2) is 7.66. The minimum Gasteiger partial charge on any atom is -0.466 e. The van der Waals surface area contributed by atoms with E-state index in [2.05, 4.69) is 12.2 Å². The molecule has 1 aliphatic carbocycles. The van der Waals surface area contributed by atoms with Crippen LogP contribution >= 0.6 is 0 Å². The Balaban J connectivity index is 2.17. The van der Waals surface area contributed by atoms with E-state index in [0.29, 0.717) is 19.1 Å². The van der Waals surface area contributed by atoms with Crippen molar-refractivity contribution in [2.75, 3.05) is 13.2 Å². The Labute approximate surface area is 98.9 Å². The summed E-state index contributed by atoms with van der Waals surface area (Å²) in [6.07, 6.45) is 7.11. The molecule has 0 bridgehead atoms. The standard InChI is InChI=1S/C13H25NO2/c1-3-16-13(15)9-10-14-12-8-6-4-5-7-11(12)2/h11-12,14H,3-10H2,1-2H3. The lowest BCUT2D eigenvalue weighted by Gasteiger charge is -2.22. The molecule has 1 rings (SSSR count). The topological polar surface area (TPSA) is 38.3 Å². The summed E-state index contributed by atoms with van der Waals surface area (Å²) in [6, 6.07) is 0.594. The van der Waals surface area contributed by atoms with Gasteiger partial charge in [-0.3, -0.25) is 4.79 Å². The zero-order chi connectivity index (χ0) is 11.8. The summed E-state index contributed by atoms with van der Waals surface area (Å²) in [5.41, 5.74) is 0. The van der Waals surface area contributed by atoms with Crippen LogP contribution in [-0.2, 0) is 9.53 Å². The third kappa shape index (κ3) is 4.97. The third-order valence-corrected chi connectivity index (χ3v) is 3.40. The fourth-order valence-corrected chi connectivity index (χ4v) is 2.39. The fourth-order valence-electron chi connectivity index (χ4n) is 2.39. The van der Waals surface area contributed by atoms with Crippen LogP contribution in [0.1, 0.15) is 52.4 Å². The Hall–Kier alpha value is -0.570. The van der Waals surface area contributed by atoms with Gasteiger partial charge in [-0.25, -0.2) is 0 Å². The van der Waals surface area contributed by atoms with Crippen molar-refractivity contribution in [1.29, 1.82) is 0 Å². The molecule has 0 heterocycles. The molecule has 3 nitrogen and oxygen atoms in total. The van der Waals surface area contributed by atoms with Gasteiger partial charge >= 0.3 is 5.97 Å². The maximum absolute atomic E-state index is 11.2. The van der Waals surface area contributed by atoms with Gasteiger partial charge in [-0.1, -0.05) is 26.2 Å². The van der Waals surface area contributed by atoms with Crippen molar-refractivity contribution >= 4 is 5.97 Å². The summed E-state index contributed by atoms with van der Waals surface area (Å²) in [5.74, 6) is 0.654. The van der Waals surface area contributed by atoms with E-state index >= 15 is 0 Å². The van der Waals surface area contributed by atoms with Gasteiger partial charge in [0.2, 0.25) is 0 Å². The van der Waals surface area contributed by atoms with E-state index in [4.69, 9.17) is 4.74 Å². The molecular formula is C13H25NO2. The summed E-state index contributed by atoms with van der Waals surface area (Å²) in [6.45, 7) is 5.40. The van der Waals surface area contributed by atoms with Gasteiger partial charge in [-0.2, -0.15) is 0 Å². The first kappa shape index (κ1) is 13.5. The van der Waals surface area contributed by atoms with Crippen LogP contribution in [0.3, 0.4) is 0 Å². The lowest BCUT2D eigenvalue weighted by Crippen LogP contribution is -2.35. The molecule has 0 amide bonds. The van der Waals surface area contributed by atoms with E-state index in [1.54, 1.807) is 0 Å². The van der Waals surface area contributed by atoms with Crippen molar-refractivity contribution in [2.24, 2.45) is 5.92 Å². The number of hydrogen-bond acceptors (Lipinski definition) is 3. The number of esters is 1. The van der Waals surface area contributed by atoms with Crippen LogP contribution in [0.15, 0.2) is 0 Å². The zero-order valence-electron chi connectivity index (χ0n) is 10.6. The summed E-state index contributed by atoms with van der Waals surface area (Å²) in [7, 11) is 0. The highest BCUT2D eigenvalue weighted by atomic mass is 16.5. The molecule has 0 aromatic heterocycles. The molecule has 0 aliphatic heterocycles. The van der Waals surface area contributed by atoms with Gasteiger partial charge in [0.25, 0.3) is 0 Å². The van der Waals surface area contributed by atoms with Crippen molar-refractivity contribution in [3.63, 3.8) is 0 Å². The number of ether oxygens (including phenoxy) is 1. The van der Waals surface area contributed by atoms with Gasteiger partial charge in [-0.15, -0.1) is 0 Å². The molecule has 0 aromatic rings. The van der Waals surface area contributed by atoms with E-state index in [-0.39, 0.29) is 5.97 Å². The fraction of sp³-hybridized carbons (Fsp3) is 0.923. The second-order valence-electron chi connectivity index (χ2n) is 4.73. The van der Waals surface area contributed by atoms with Crippen LogP contribution in [0.4, 0.5) is 0 Å². The molecule has 94 valence electrons. The Kier molecular flexibility index (Phi) is 6.46. The minimum absolute atomic E-state index is 0.0868. The van der Waals surface area contributed by atoms with Gasteiger partial charge in [0.15, 0.2) is 0 Å². The van der Waals surface area contributed by atoms with Gasteiger partial charge in [0.05, 0.1) is 13.0 Å². The molecule has 2 atom stereocenters. The lowest BCUT2D eigenvalue weighted by atomic mass is 9.97. The predicted molar refractivity (Wildman–Crippen MR) is 65.3 cm³/mol. The quantitative estimate of drug-likeness (QED) is 0.579. The van der Waals surface area contributed by atoms with Crippen molar-refractivity contribution in [3.8, 4) is 0 Å². The van der Waals surface area contributed by atoms with Crippen LogP contribution in [0.25, 0.3) is 0 Å². The number of rotatable bonds is 5. The Morgan fingerprint density at radius 3 is 2.81 bits per heavy atom. The summed E-state index contributed by atoms with van der Waals surface area (Å²) >= 11 is 0. The first-order valence-corrected chi connectivity index (χ1v) is 6.63. The van der Waals surface area contributed by atoms with Gasteiger partial charge in [-0.05, 0) is 25.7 Å². The minimum atomic E-state index is -0.0868. The average molecular weight is 227 g/mol. The molecule has 1 saturated carbocycles. The number of carbonyl (C=O) groups is 1. The number of carbonyl (C=O) groups excluding carboxylic acids is 1. The van der Waals surface area contributed by atoms with E-state index < -0.39 is 0 Å². The summed E-state index contributed by atoms with van der Waals surface area (Å²) in [4.78, 5) is 11.2. The van der Waals surface area contributed by atoms with Crippen LogP contribution in [-0.4, -0.2) is 25.2 Å². The van der Waals surface area contributed by atoms with Crippen molar-refractivity contribution in [2.45, 2.75) is 58.4 Å². The van der Waals surface area contributed by atoms with Gasteiger partial charge < -0.3 is 10.1 Å². The zero-order valence-corrected chi connectivity index (χ0v) is 10.6. The van der Waals surface area contributed by atoms with Crippen molar-refractivity contribution in [1.82, 2.24) is 5.32 Å². The first-order chi connectivity index (χ1) is 7.74. The van der Waals surface area contributed by atoms with Crippen LogP contribution < -0.4 is 5.32 Å². The van der Waals surface area contributed by atoms with E-state index in [1.165, 1.54) is 32.1 Å². The molecule has 1 aliphatic rings. The predicted octanol–water partition coefficient (Wildman–Crippen LogP) is 2.50. The number of hydrogen-bond donors (Lipinski definition) is 1. The average Bonchev–Trinajstić information content (AvgIpc) is 2.45. The molecule has 0 radical (unpaired) electrons. The molecule has 0 aromatic carbocycles. The van der Waals surface area contributed by atoms with Crippen molar-refractivity contribution in [3.05, 3.63) is 0 Å². The number of nitrogens with one attached hydrogen (secondary N) is 1. The Morgan fingerprint density at radius 2 is 2.06 bits per heavy atom. The first-order valence-electron chi connectivity index (χ1n) is 6.63. The molecule has 3 heteroatoms. The Morgan fingerprint density at radius 1 is 1.31 bits per heavy atom. The molecular weight excluding hydrogens is 202 g/mol.